The topological polar surface area (TPSA) is 75.6 Å². The fourth-order valence-corrected chi connectivity index (χ4v) is 2.69. The van der Waals surface area contributed by atoms with Gasteiger partial charge in [-0.2, -0.15) is 0 Å². The molecule has 0 bridgehead atoms. The van der Waals surface area contributed by atoms with Gasteiger partial charge >= 0.3 is 5.97 Å². The van der Waals surface area contributed by atoms with Gasteiger partial charge in [-0.25, -0.2) is 4.79 Å². The summed E-state index contributed by atoms with van der Waals surface area (Å²) < 4.78 is 5.20. The third-order valence-corrected chi connectivity index (χ3v) is 3.90. The van der Waals surface area contributed by atoms with Gasteiger partial charge in [-0.3, -0.25) is 4.79 Å². The van der Waals surface area contributed by atoms with Gasteiger partial charge in [0.1, 0.15) is 11.4 Å². The largest absolute Gasteiger partial charge is 0.496 e. The van der Waals surface area contributed by atoms with Crippen molar-refractivity contribution in [2.75, 3.05) is 7.11 Å². The second-order valence-electron chi connectivity index (χ2n) is 5.43. The number of hydrogen-bond donors (Lipinski definition) is 2. The molecule has 0 aromatic heterocycles. The number of carbonyl (C=O) groups is 2. The molecule has 5 heteroatoms. The summed E-state index contributed by atoms with van der Waals surface area (Å²) >= 11 is 0. The number of para-hydroxylation sites is 1. The second-order valence-corrected chi connectivity index (χ2v) is 5.43. The highest BCUT2D eigenvalue weighted by Crippen LogP contribution is 2.24. The Balaban J connectivity index is 2.17. The maximum Gasteiger partial charge on any atom is 0.352 e. The molecule has 1 fully saturated rings. The zero-order valence-corrected chi connectivity index (χ0v) is 12.7. The van der Waals surface area contributed by atoms with E-state index in [1.807, 2.05) is 0 Å². The van der Waals surface area contributed by atoms with Gasteiger partial charge in [0.25, 0.3) is 0 Å². The van der Waals surface area contributed by atoms with Gasteiger partial charge in [0.15, 0.2) is 0 Å². The van der Waals surface area contributed by atoms with Crippen LogP contribution in [0.25, 0.3) is 6.08 Å². The molecule has 2 rings (SSSR count). The molecule has 0 unspecified atom stereocenters. The van der Waals surface area contributed by atoms with E-state index in [9.17, 15) is 14.7 Å². The number of benzene rings is 1. The van der Waals surface area contributed by atoms with Crippen molar-refractivity contribution >= 4 is 18.0 Å². The Morgan fingerprint density at radius 1 is 1.23 bits per heavy atom. The molecule has 1 aliphatic carbocycles. The van der Waals surface area contributed by atoms with E-state index in [0.29, 0.717) is 11.3 Å². The van der Waals surface area contributed by atoms with Crippen LogP contribution in [0.3, 0.4) is 0 Å². The van der Waals surface area contributed by atoms with Crippen LogP contribution in [0, 0.1) is 5.92 Å². The first-order valence-electron chi connectivity index (χ1n) is 7.50. The Labute approximate surface area is 130 Å². The normalized spacial score (nSPS) is 16.1. The lowest BCUT2D eigenvalue weighted by atomic mass is 9.88. The van der Waals surface area contributed by atoms with Gasteiger partial charge in [-0.1, -0.05) is 37.5 Å². The number of ether oxygens (including phenoxy) is 1. The Kier molecular flexibility index (Phi) is 5.58. The van der Waals surface area contributed by atoms with Crippen molar-refractivity contribution in [1.29, 1.82) is 0 Å². The molecule has 0 atom stereocenters. The highest BCUT2D eigenvalue weighted by Gasteiger charge is 2.23. The van der Waals surface area contributed by atoms with Crippen molar-refractivity contribution in [3.8, 4) is 5.75 Å². The van der Waals surface area contributed by atoms with Gasteiger partial charge in [0.2, 0.25) is 5.91 Å². The Hall–Kier alpha value is -2.30. The van der Waals surface area contributed by atoms with Crippen LogP contribution in [0.5, 0.6) is 5.75 Å². The number of carbonyl (C=O) groups excluding carboxylic acids is 1. The molecule has 0 aliphatic heterocycles. The van der Waals surface area contributed by atoms with Crippen LogP contribution in [0.2, 0.25) is 0 Å². The first-order chi connectivity index (χ1) is 10.6. The minimum absolute atomic E-state index is 0.0887. The van der Waals surface area contributed by atoms with E-state index < -0.39 is 5.97 Å². The van der Waals surface area contributed by atoms with Crippen molar-refractivity contribution in [2.24, 2.45) is 5.92 Å². The van der Waals surface area contributed by atoms with Crippen LogP contribution in [0.15, 0.2) is 30.0 Å². The molecule has 0 spiro atoms. The molecule has 5 nitrogen and oxygen atoms in total. The number of nitrogens with one attached hydrogen (secondary N) is 1. The molecule has 0 heterocycles. The summed E-state index contributed by atoms with van der Waals surface area (Å²) in [5.41, 5.74) is 0.492. The molecule has 1 aromatic carbocycles. The number of carboxylic acid groups (broad SMARTS) is 1. The quantitative estimate of drug-likeness (QED) is 0.820. The van der Waals surface area contributed by atoms with Gasteiger partial charge in [-0.05, 0) is 25.0 Å². The van der Waals surface area contributed by atoms with Crippen LogP contribution in [0.4, 0.5) is 0 Å². The van der Waals surface area contributed by atoms with Crippen molar-refractivity contribution in [3.05, 3.63) is 35.5 Å². The summed E-state index contributed by atoms with van der Waals surface area (Å²) in [4.78, 5) is 23.6. The maximum absolute atomic E-state index is 12.2. The fraction of sp³-hybridized carbons (Fsp3) is 0.412. The average molecular weight is 303 g/mol. The van der Waals surface area contributed by atoms with Crippen LogP contribution in [-0.4, -0.2) is 24.1 Å². The van der Waals surface area contributed by atoms with Crippen molar-refractivity contribution < 1.29 is 19.4 Å². The SMILES string of the molecule is COc1ccccc1/C=C(/NC(=O)C1CCCCC1)C(=O)O. The minimum Gasteiger partial charge on any atom is -0.496 e. The van der Waals surface area contributed by atoms with Crippen LogP contribution in [0.1, 0.15) is 37.7 Å². The van der Waals surface area contributed by atoms with Gasteiger partial charge in [-0.15, -0.1) is 0 Å². The molecular formula is C17H21NO4. The number of methoxy groups -OCH3 is 1. The molecule has 22 heavy (non-hydrogen) atoms. The van der Waals surface area contributed by atoms with Crippen molar-refractivity contribution in [3.63, 3.8) is 0 Å². The lowest BCUT2D eigenvalue weighted by Crippen LogP contribution is -2.33. The van der Waals surface area contributed by atoms with Crippen LogP contribution < -0.4 is 10.1 Å². The number of aliphatic carboxylic acids is 1. The predicted molar refractivity (Wildman–Crippen MR) is 83.3 cm³/mol. The van der Waals surface area contributed by atoms with E-state index in [-0.39, 0.29) is 17.5 Å². The molecule has 0 saturated heterocycles. The minimum atomic E-state index is -1.16. The molecule has 2 N–H and O–H groups in total. The van der Waals surface area contributed by atoms with E-state index in [1.54, 1.807) is 24.3 Å². The molecule has 1 amide bonds. The standard InChI is InChI=1S/C17H21NO4/c1-22-15-10-6-5-9-13(15)11-14(17(20)21)18-16(19)12-7-3-2-4-8-12/h5-6,9-12H,2-4,7-8H2,1H3,(H,18,19)(H,20,21)/b14-11+. The highest BCUT2D eigenvalue weighted by molar-refractivity contribution is 5.97. The predicted octanol–water partition coefficient (Wildman–Crippen LogP) is 2.82. The Morgan fingerprint density at radius 3 is 2.55 bits per heavy atom. The Morgan fingerprint density at radius 2 is 1.91 bits per heavy atom. The van der Waals surface area contributed by atoms with Crippen molar-refractivity contribution in [1.82, 2.24) is 5.32 Å². The van der Waals surface area contributed by atoms with Crippen LogP contribution in [-0.2, 0) is 9.59 Å². The third kappa shape index (κ3) is 4.10. The maximum atomic E-state index is 12.2. The zero-order valence-electron chi connectivity index (χ0n) is 12.7. The third-order valence-electron chi connectivity index (χ3n) is 3.90. The number of carboxylic acids is 1. The van der Waals surface area contributed by atoms with E-state index >= 15 is 0 Å². The summed E-state index contributed by atoms with van der Waals surface area (Å²) in [6, 6.07) is 7.08. The van der Waals surface area contributed by atoms with Gasteiger partial charge < -0.3 is 15.2 Å². The van der Waals surface area contributed by atoms with Crippen LogP contribution >= 0.6 is 0 Å². The second kappa shape index (κ2) is 7.64. The number of rotatable bonds is 5. The van der Waals surface area contributed by atoms with E-state index in [4.69, 9.17) is 4.74 Å². The molecular weight excluding hydrogens is 282 g/mol. The summed E-state index contributed by atoms with van der Waals surface area (Å²) in [7, 11) is 1.52. The smallest absolute Gasteiger partial charge is 0.352 e. The summed E-state index contributed by atoms with van der Waals surface area (Å²) in [6.45, 7) is 0. The monoisotopic (exact) mass is 303 g/mol. The Bertz CT molecular complexity index is 574. The van der Waals surface area contributed by atoms with E-state index in [2.05, 4.69) is 5.32 Å². The van der Waals surface area contributed by atoms with E-state index in [0.717, 1.165) is 32.1 Å². The first-order valence-corrected chi connectivity index (χ1v) is 7.50. The summed E-state index contributed by atoms with van der Waals surface area (Å²) in [5.74, 6) is -0.888. The molecule has 1 saturated carbocycles. The van der Waals surface area contributed by atoms with Gasteiger partial charge in [0.05, 0.1) is 7.11 Å². The van der Waals surface area contributed by atoms with Gasteiger partial charge in [0, 0.05) is 11.5 Å². The summed E-state index contributed by atoms with van der Waals surface area (Å²) in [5, 5.41) is 11.9. The zero-order chi connectivity index (χ0) is 15.9. The molecule has 1 aliphatic rings. The lowest BCUT2D eigenvalue weighted by Gasteiger charge is -2.20. The van der Waals surface area contributed by atoms with Crippen molar-refractivity contribution in [2.45, 2.75) is 32.1 Å². The lowest BCUT2D eigenvalue weighted by molar-refractivity contribution is -0.135. The average Bonchev–Trinajstić information content (AvgIpc) is 2.55. The molecule has 1 aromatic rings. The number of hydrogen-bond acceptors (Lipinski definition) is 3. The molecule has 118 valence electrons. The first kappa shape index (κ1) is 16.1. The fourth-order valence-electron chi connectivity index (χ4n) is 2.69. The van der Waals surface area contributed by atoms with E-state index in [1.165, 1.54) is 13.2 Å². The summed E-state index contributed by atoms with van der Waals surface area (Å²) in [6.07, 6.45) is 6.28. The molecule has 0 radical (unpaired) electrons. The number of amides is 1. The highest BCUT2D eigenvalue weighted by atomic mass is 16.5.